The molecule has 0 aromatic heterocycles. The number of benzene rings is 2. The molecule has 0 saturated heterocycles. The second kappa shape index (κ2) is 5.76. The molecule has 0 fully saturated rings. The summed E-state index contributed by atoms with van der Waals surface area (Å²) < 4.78 is 6.60. The van der Waals surface area contributed by atoms with Gasteiger partial charge in [0.05, 0.1) is 14.5 Å². The zero-order valence-electron chi connectivity index (χ0n) is 8.79. The lowest BCUT2D eigenvalue weighted by atomic mass is 10.2. The fourth-order valence-corrected chi connectivity index (χ4v) is 2.07. The summed E-state index contributed by atoms with van der Waals surface area (Å²) in [5.41, 5.74) is 0.982. The Labute approximate surface area is 118 Å². The van der Waals surface area contributed by atoms with E-state index < -0.39 is 0 Å². The van der Waals surface area contributed by atoms with Crippen LogP contribution in [0.5, 0.6) is 5.75 Å². The van der Waals surface area contributed by atoms with E-state index in [2.05, 4.69) is 15.9 Å². The number of ether oxygens (including phenoxy) is 1. The largest absolute Gasteiger partial charge is 0.488 e. The van der Waals surface area contributed by atoms with Crippen LogP contribution in [0.15, 0.2) is 46.9 Å². The van der Waals surface area contributed by atoms with E-state index in [4.69, 9.17) is 27.9 Å². The van der Waals surface area contributed by atoms with Crippen LogP contribution in [0.1, 0.15) is 5.56 Å². The Morgan fingerprint density at radius 1 is 1.00 bits per heavy atom. The van der Waals surface area contributed by atoms with Crippen molar-refractivity contribution < 1.29 is 4.74 Å². The van der Waals surface area contributed by atoms with Gasteiger partial charge >= 0.3 is 0 Å². The first-order valence-corrected chi connectivity index (χ1v) is 6.53. The first kappa shape index (κ1) is 12.7. The Morgan fingerprint density at radius 3 is 2.47 bits per heavy atom. The molecular formula is C13H9BrCl2O. The highest BCUT2D eigenvalue weighted by molar-refractivity contribution is 9.10. The standard InChI is InChI=1S/C13H9BrCl2O/c14-10-3-1-2-4-13(10)17-8-9-5-6-11(15)12(16)7-9/h1-7H,8H2. The highest BCUT2D eigenvalue weighted by Gasteiger charge is 2.02. The Balaban J connectivity index is 2.08. The number of hydrogen-bond donors (Lipinski definition) is 0. The van der Waals surface area contributed by atoms with E-state index in [0.717, 1.165) is 15.8 Å². The molecule has 4 heteroatoms. The minimum absolute atomic E-state index is 0.458. The van der Waals surface area contributed by atoms with Gasteiger partial charge in [0.2, 0.25) is 0 Å². The van der Waals surface area contributed by atoms with Gasteiger partial charge in [0.1, 0.15) is 12.4 Å². The summed E-state index contributed by atoms with van der Waals surface area (Å²) in [4.78, 5) is 0. The summed E-state index contributed by atoms with van der Waals surface area (Å²) in [7, 11) is 0. The first-order chi connectivity index (χ1) is 8.16. The van der Waals surface area contributed by atoms with Gasteiger partial charge in [-0.05, 0) is 45.8 Å². The van der Waals surface area contributed by atoms with E-state index in [9.17, 15) is 0 Å². The number of para-hydroxylation sites is 1. The van der Waals surface area contributed by atoms with Crippen LogP contribution in [0.3, 0.4) is 0 Å². The van der Waals surface area contributed by atoms with Crippen molar-refractivity contribution in [3.63, 3.8) is 0 Å². The Morgan fingerprint density at radius 2 is 1.76 bits per heavy atom. The lowest BCUT2D eigenvalue weighted by Crippen LogP contribution is -1.95. The SMILES string of the molecule is Clc1ccc(COc2ccccc2Br)cc1Cl. The molecule has 17 heavy (non-hydrogen) atoms. The maximum absolute atomic E-state index is 5.93. The second-order valence-corrected chi connectivity index (χ2v) is 5.14. The van der Waals surface area contributed by atoms with E-state index in [-0.39, 0.29) is 0 Å². The minimum Gasteiger partial charge on any atom is -0.488 e. The minimum atomic E-state index is 0.458. The Kier molecular flexibility index (Phi) is 4.32. The molecule has 0 bridgehead atoms. The van der Waals surface area contributed by atoms with Gasteiger partial charge < -0.3 is 4.74 Å². The molecule has 0 unspecified atom stereocenters. The monoisotopic (exact) mass is 330 g/mol. The van der Waals surface area contributed by atoms with Crippen LogP contribution < -0.4 is 4.74 Å². The van der Waals surface area contributed by atoms with Crippen LogP contribution in [-0.2, 0) is 6.61 Å². The summed E-state index contributed by atoms with van der Waals surface area (Å²) in [5.74, 6) is 0.804. The van der Waals surface area contributed by atoms with Gasteiger partial charge in [0.15, 0.2) is 0 Å². The Hall–Kier alpha value is -0.700. The zero-order valence-corrected chi connectivity index (χ0v) is 11.9. The molecule has 2 aromatic carbocycles. The third kappa shape index (κ3) is 3.38. The highest BCUT2D eigenvalue weighted by Crippen LogP contribution is 2.26. The molecule has 0 spiro atoms. The van der Waals surface area contributed by atoms with Crippen molar-refractivity contribution in [2.75, 3.05) is 0 Å². The summed E-state index contributed by atoms with van der Waals surface area (Å²) in [6.07, 6.45) is 0. The number of hydrogen-bond acceptors (Lipinski definition) is 1. The second-order valence-electron chi connectivity index (χ2n) is 3.47. The molecule has 1 nitrogen and oxygen atoms in total. The van der Waals surface area contributed by atoms with Crippen molar-refractivity contribution >= 4 is 39.1 Å². The fraction of sp³-hybridized carbons (Fsp3) is 0.0769. The van der Waals surface area contributed by atoms with Crippen molar-refractivity contribution in [1.82, 2.24) is 0 Å². The van der Waals surface area contributed by atoms with Gasteiger partial charge in [0, 0.05) is 0 Å². The molecule has 0 N–H and O–H groups in total. The highest BCUT2D eigenvalue weighted by atomic mass is 79.9. The molecule has 0 amide bonds. The molecule has 0 aliphatic heterocycles. The topological polar surface area (TPSA) is 9.23 Å². The molecule has 0 saturated carbocycles. The summed E-state index contributed by atoms with van der Waals surface area (Å²) in [5, 5.41) is 1.09. The average Bonchev–Trinajstić information content (AvgIpc) is 2.32. The van der Waals surface area contributed by atoms with E-state index in [0.29, 0.717) is 16.7 Å². The smallest absolute Gasteiger partial charge is 0.133 e. The quantitative estimate of drug-likeness (QED) is 0.738. The molecule has 0 heterocycles. The molecule has 88 valence electrons. The van der Waals surface area contributed by atoms with Crippen molar-refractivity contribution in [3.05, 3.63) is 62.5 Å². The summed E-state index contributed by atoms with van der Waals surface area (Å²) in [6.45, 7) is 0.458. The number of rotatable bonds is 3. The average molecular weight is 332 g/mol. The molecule has 0 atom stereocenters. The van der Waals surface area contributed by atoms with Crippen LogP contribution in [0.4, 0.5) is 0 Å². The summed E-state index contributed by atoms with van der Waals surface area (Å²) >= 11 is 15.2. The fourth-order valence-electron chi connectivity index (χ4n) is 1.35. The maximum Gasteiger partial charge on any atom is 0.133 e. The molecule has 0 aliphatic carbocycles. The number of halogens is 3. The van der Waals surface area contributed by atoms with Crippen LogP contribution >= 0.6 is 39.1 Å². The summed E-state index contributed by atoms with van der Waals surface area (Å²) in [6, 6.07) is 13.2. The van der Waals surface area contributed by atoms with E-state index in [1.807, 2.05) is 30.3 Å². The predicted molar refractivity (Wildman–Crippen MR) is 74.9 cm³/mol. The lowest BCUT2D eigenvalue weighted by molar-refractivity contribution is 0.304. The van der Waals surface area contributed by atoms with Crippen molar-refractivity contribution in [1.29, 1.82) is 0 Å². The molecule has 0 radical (unpaired) electrons. The van der Waals surface area contributed by atoms with E-state index >= 15 is 0 Å². The van der Waals surface area contributed by atoms with Crippen molar-refractivity contribution in [3.8, 4) is 5.75 Å². The van der Waals surface area contributed by atoms with Gasteiger partial charge in [-0.2, -0.15) is 0 Å². The van der Waals surface area contributed by atoms with Crippen molar-refractivity contribution in [2.24, 2.45) is 0 Å². The van der Waals surface area contributed by atoms with E-state index in [1.54, 1.807) is 12.1 Å². The zero-order chi connectivity index (χ0) is 12.3. The molecule has 2 aromatic rings. The van der Waals surface area contributed by atoms with Crippen LogP contribution in [0.2, 0.25) is 10.0 Å². The van der Waals surface area contributed by atoms with Gasteiger partial charge in [-0.25, -0.2) is 0 Å². The van der Waals surface area contributed by atoms with Gasteiger partial charge in [-0.1, -0.05) is 41.4 Å². The van der Waals surface area contributed by atoms with Gasteiger partial charge in [0.25, 0.3) is 0 Å². The van der Waals surface area contributed by atoms with Crippen molar-refractivity contribution in [2.45, 2.75) is 6.61 Å². The van der Waals surface area contributed by atoms with Gasteiger partial charge in [-0.3, -0.25) is 0 Å². The van der Waals surface area contributed by atoms with E-state index in [1.165, 1.54) is 0 Å². The Bertz CT molecular complexity index is 529. The van der Waals surface area contributed by atoms with Crippen LogP contribution in [0, 0.1) is 0 Å². The molecular weight excluding hydrogens is 323 g/mol. The molecule has 0 aliphatic rings. The third-order valence-electron chi connectivity index (χ3n) is 2.22. The third-order valence-corrected chi connectivity index (χ3v) is 3.61. The maximum atomic E-state index is 5.93. The lowest BCUT2D eigenvalue weighted by Gasteiger charge is -2.08. The first-order valence-electron chi connectivity index (χ1n) is 4.98. The molecule has 2 rings (SSSR count). The van der Waals surface area contributed by atoms with Crippen LogP contribution in [-0.4, -0.2) is 0 Å². The predicted octanol–water partition coefficient (Wildman–Crippen LogP) is 5.33. The van der Waals surface area contributed by atoms with Crippen LogP contribution in [0.25, 0.3) is 0 Å². The normalized spacial score (nSPS) is 10.3. The van der Waals surface area contributed by atoms with Gasteiger partial charge in [-0.15, -0.1) is 0 Å².